The van der Waals surface area contributed by atoms with Crippen molar-refractivity contribution in [3.63, 3.8) is 0 Å². The van der Waals surface area contributed by atoms with Crippen molar-refractivity contribution in [3.8, 4) is 0 Å². The quantitative estimate of drug-likeness (QED) is 0.426. The summed E-state index contributed by atoms with van der Waals surface area (Å²) in [4.78, 5) is 34.3. The molecule has 2 atom stereocenters. The Kier molecular flexibility index (Phi) is 8.17. The van der Waals surface area contributed by atoms with Gasteiger partial charge in [0.15, 0.2) is 0 Å². The van der Waals surface area contributed by atoms with E-state index < -0.39 is 16.3 Å². The number of nitro groups is 1. The second-order valence-corrected chi connectivity index (χ2v) is 7.81. The number of aryl methyl sites for hydroxylation is 1. The first-order chi connectivity index (χ1) is 13.8. The smallest absolute Gasteiger partial charge is 0.269 e. The molecular formula is C20H23N3O5S. The number of aliphatic hydroxyl groups is 1. The van der Waals surface area contributed by atoms with Crippen LogP contribution in [0, 0.1) is 17.0 Å². The van der Waals surface area contributed by atoms with Gasteiger partial charge in [0.2, 0.25) is 11.8 Å². The molecule has 0 fully saturated rings. The molecule has 0 aliphatic heterocycles. The lowest BCUT2D eigenvalue weighted by molar-refractivity contribution is -0.384. The highest BCUT2D eigenvalue weighted by molar-refractivity contribution is 8.01. The molecule has 0 heterocycles. The van der Waals surface area contributed by atoms with Gasteiger partial charge in [0.1, 0.15) is 0 Å². The van der Waals surface area contributed by atoms with Crippen LogP contribution >= 0.6 is 11.8 Å². The summed E-state index contributed by atoms with van der Waals surface area (Å²) in [6.07, 6.45) is -0.984. The van der Waals surface area contributed by atoms with Crippen molar-refractivity contribution in [1.29, 1.82) is 0 Å². The third-order valence-electron chi connectivity index (χ3n) is 4.13. The maximum absolute atomic E-state index is 12.2. The van der Waals surface area contributed by atoms with Gasteiger partial charge in [-0.05, 0) is 43.7 Å². The van der Waals surface area contributed by atoms with Crippen molar-refractivity contribution < 1.29 is 19.6 Å². The molecule has 154 valence electrons. The third-order valence-corrected chi connectivity index (χ3v) is 5.27. The second-order valence-electron chi connectivity index (χ2n) is 6.48. The highest BCUT2D eigenvalue weighted by Crippen LogP contribution is 2.18. The number of hydrogen-bond donors (Lipinski definition) is 3. The lowest BCUT2D eigenvalue weighted by Gasteiger charge is -2.15. The molecule has 0 aromatic heterocycles. The molecule has 2 aromatic rings. The van der Waals surface area contributed by atoms with Crippen LogP contribution in [0.15, 0.2) is 48.5 Å². The average molecular weight is 417 g/mol. The van der Waals surface area contributed by atoms with Gasteiger partial charge in [-0.1, -0.05) is 17.7 Å². The predicted molar refractivity (Wildman–Crippen MR) is 113 cm³/mol. The number of carbonyl (C=O) groups is 2. The molecule has 2 rings (SSSR count). The van der Waals surface area contributed by atoms with Gasteiger partial charge in [-0.2, -0.15) is 0 Å². The van der Waals surface area contributed by atoms with E-state index in [2.05, 4.69) is 10.6 Å². The Morgan fingerprint density at radius 1 is 1.14 bits per heavy atom. The highest BCUT2D eigenvalue weighted by Gasteiger charge is 2.17. The zero-order valence-corrected chi connectivity index (χ0v) is 16.9. The number of anilines is 1. The Labute approximate surface area is 172 Å². The molecule has 2 aromatic carbocycles. The number of nitrogens with one attached hydrogen (secondary N) is 2. The van der Waals surface area contributed by atoms with E-state index in [1.54, 1.807) is 6.92 Å². The van der Waals surface area contributed by atoms with Crippen molar-refractivity contribution in [2.24, 2.45) is 0 Å². The monoisotopic (exact) mass is 417 g/mol. The second kappa shape index (κ2) is 10.6. The number of aliphatic hydroxyl groups excluding tert-OH is 1. The van der Waals surface area contributed by atoms with E-state index in [9.17, 15) is 24.8 Å². The number of benzene rings is 2. The van der Waals surface area contributed by atoms with Gasteiger partial charge in [-0.25, -0.2) is 0 Å². The molecule has 29 heavy (non-hydrogen) atoms. The average Bonchev–Trinajstić information content (AvgIpc) is 2.71. The molecule has 0 spiro atoms. The summed E-state index contributed by atoms with van der Waals surface area (Å²) in [6, 6.07) is 12.9. The van der Waals surface area contributed by atoms with Crippen molar-refractivity contribution in [2.45, 2.75) is 25.2 Å². The van der Waals surface area contributed by atoms with Crippen LogP contribution in [0.2, 0.25) is 0 Å². The summed E-state index contributed by atoms with van der Waals surface area (Å²) in [6.45, 7) is 3.61. The van der Waals surface area contributed by atoms with Gasteiger partial charge < -0.3 is 15.7 Å². The number of carbonyl (C=O) groups excluding carboxylic acids is 2. The normalized spacial score (nSPS) is 12.7. The van der Waals surface area contributed by atoms with Crippen LogP contribution in [0.3, 0.4) is 0 Å². The lowest BCUT2D eigenvalue weighted by Crippen LogP contribution is -2.34. The Morgan fingerprint density at radius 3 is 2.34 bits per heavy atom. The molecule has 0 aliphatic rings. The van der Waals surface area contributed by atoms with E-state index in [0.29, 0.717) is 11.3 Å². The van der Waals surface area contributed by atoms with Gasteiger partial charge in [0.05, 0.1) is 22.0 Å². The fourth-order valence-electron chi connectivity index (χ4n) is 2.39. The van der Waals surface area contributed by atoms with Crippen molar-refractivity contribution in [3.05, 3.63) is 69.8 Å². The van der Waals surface area contributed by atoms with Gasteiger partial charge in [-0.3, -0.25) is 19.7 Å². The van der Waals surface area contributed by atoms with Crippen LogP contribution in [-0.4, -0.2) is 39.4 Å². The summed E-state index contributed by atoms with van der Waals surface area (Å²) in [5.74, 6) is -0.392. The van der Waals surface area contributed by atoms with E-state index >= 15 is 0 Å². The van der Waals surface area contributed by atoms with Crippen LogP contribution < -0.4 is 10.6 Å². The van der Waals surface area contributed by atoms with E-state index in [1.165, 1.54) is 36.0 Å². The van der Waals surface area contributed by atoms with Gasteiger partial charge in [-0.15, -0.1) is 11.8 Å². The molecule has 0 saturated heterocycles. The van der Waals surface area contributed by atoms with E-state index in [0.717, 1.165) is 5.56 Å². The number of nitrogens with zero attached hydrogens (tertiary/aromatic N) is 1. The molecule has 2 amide bonds. The molecule has 8 nitrogen and oxygen atoms in total. The fourth-order valence-corrected chi connectivity index (χ4v) is 3.10. The number of nitro benzene ring substituents is 1. The molecule has 0 aliphatic carbocycles. The first-order valence-corrected chi connectivity index (χ1v) is 9.99. The zero-order chi connectivity index (χ0) is 21.4. The number of amides is 2. The Balaban J connectivity index is 1.74. The van der Waals surface area contributed by atoms with Gasteiger partial charge >= 0.3 is 0 Å². The maximum atomic E-state index is 12.2. The number of thioether (sulfide) groups is 1. The molecule has 0 bridgehead atoms. The number of rotatable bonds is 9. The first kappa shape index (κ1) is 22.4. The van der Waals surface area contributed by atoms with Crippen LogP contribution in [-0.2, 0) is 9.59 Å². The topological polar surface area (TPSA) is 122 Å². The van der Waals surface area contributed by atoms with E-state index in [4.69, 9.17) is 0 Å². The van der Waals surface area contributed by atoms with Crippen LogP contribution in [0.5, 0.6) is 0 Å². The summed E-state index contributed by atoms with van der Waals surface area (Å²) in [5.41, 5.74) is 2.19. The SMILES string of the molecule is Cc1ccc(NC(=O)CS[C@H](C)C(=O)NC[C@H](O)c2ccc([N+](=O)[O-])cc2)cc1. The van der Waals surface area contributed by atoms with Crippen LogP contribution in [0.25, 0.3) is 0 Å². The Morgan fingerprint density at radius 2 is 1.76 bits per heavy atom. The van der Waals surface area contributed by atoms with Crippen molar-refractivity contribution in [1.82, 2.24) is 5.32 Å². The van der Waals surface area contributed by atoms with Crippen molar-refractivity contribution in [2.75, 3.05) is 17.6 Å². The zero-order valence-electron chi connectivity index (χ0n) is 16.1. The van der Waals surface area contributed by atoms with E-state index in [-0.39, 0.29) is 29.8 Å². The minimum absolute atomic E-state index is 0.0306. The summed E-state index contributed by atoms with van der Waals surface area (Å²) < 4.78 is 0. The minimum Gasteiger partial charge on any atom is -0.387 e. The molecule has 0 radical (unpaired) electrons. The molecule has 0 unspecified atom stereocenters. The lowest BCUT2D eigenvalue weighted by atomic mass is 10.1. The summed E-state index contributed by atoms with van der Waals surface area (Å²) in [5, 5.41) is 25.7. The minimum atomic E-state index is -0.984. The summed E-state index contributed by atoms with van der Waals surface area (Å²) >= 11 is 1.19. The summed E-state index contributed by atoms with van der Waals surface area (Å²) in [7, 11) is 0. The van der Waals surface area contributed by atoms with E-state index in [1.807, 2.05) is 31.2 Å². The largest absolute Gasteiger partial charge is 0.387 e. The van der Waals surface area contributed by atoms with Gasteiger partial charge in [0, 0.05) is 24.4 Å². The van der Waals surface area contributed by atoms with Crippen LogP contribution in [0.1, 0.15) is 24.2 Å². The Bertz CT molecular complexity index is 855. The van der Waals surface area contributed by atoms with Crippen LogP contribution in [0.4, 0.5) is 11.4 Å². The molecular weight excluding hydrogens is 394 g/mol. The number of non-ortho nitro benzene ring substituents is 1. The molecule has 9 heteroatoms. The first-order valence-electron chi connectivity index (χ1n) is 8.94. The Hall–Kier alpha value is -2.91. The third kappa shape index (κ3) is 7.20. The molecule has 0 saturated carbocycles. The highest BCUT2D eigenvalue weighted by atomic mass is 32.2. The van der Waals surface area contributed by atoms with Gasteiger partial charge in [0.25, 0.3) is 5.69 Å². The number of hydrogen-bond acceptors (Lipinski definition) is 6. The van der Waals surface area contributed by atoms with Crippen molar-refractivity contribution >= 4 is 35.0 Å². The predicted octanol–water partition coefficient (Wildman–Crippen LogP) is 2.81. The molecule has 3 N–H and O–H groups in total. The maximum Gasteiger partial charge on any atom is 0.269 e. The standard InChI is InChI=1S/C20H23N3O5S/c1-13-3-7-16(8-4-13)22-19(25)12-29-14(2)20(26)21-11-18(24)15-5-9-17(10-6-15)23(27)28/h3-10,14,18,24H,11-12H2,1-2H3,(H,21,26)(H,22,25)/t14-,18+/m1/s1. The fraction of sp³-hybridized carbons (Fsp3) is 0.300.